The van der Waals surface area contributed by atoms with Crippen LogP contribution in [0.4, 0.5) is 10.5 Å². The zero-order valence-corrected chi connectivity index (χ0v) is 12.4. The summed E-state index contributed by atoms with van der Waals surface area (Å²) >= 11 is 3.34. The number of aliphatic hydroxyl groups is 1. The van der Waals surface area contributed by atoms with Gasteiger partial charge in [0.1, 0.15) is 6.04 Å². The highest BCUT2D eigenvalue weighted by Crippen LogP contribution is 2.25. The molecule has 1 fully saturated rings. The summed E-state index contributed by atoms with van der Waals surface area (Å²) in [6.07, 6.45) is -0.749. The number of aryl methyl sites for hydroxylation is 1. The lowest BCUT2D eigenvalue weighted by Crippen LogP contribution is -2.43. The second-order valence-corrected chi connectivity index (χ2v) is 5.66. The van der Waals surface area contributed by atoms with Crippen molar-refractivity contribution in [3.05, 3.63) is 28.2 Å². The Balaban J connectivity index is 2.13. The largest absolute Gasteiger partial charge is 0.480 e. The molecular formula is C13H15BrN2O4. The maximum atomic E-state index is 12.1. The molecule has 0 aromatic heterocycles. The van der Waals surface area contributed by atoms with Gasteiger partial charge in [-0.05, 0) is 40.5 Å². The standard InChI is InChI=1S/C13H15BrN2O4/c1-7-2-3-10(9(14)4-7)15-13(20)16-6-8(17)5-11(16)12(18)19/h2-4,8,11,17H,5-6H2,1H3,(H,15,20)(H,18,19)/t8-,11-/m0/s1. The molecule has 6 nitrogen and oxygen atoms in total. The van der Waals surface area contributed by atoms with Gasteiger partial charge in [-0.2, -0.15) is 0 Å². The zero-order chi connectivity index (χ0) is 14.9. The number of carboxylic acids is 1. The first-order chi connectivity index (χ1) is 9.38. The predicted molar refractivity (Wildman–Crippen MR) is 76.7 cm³/mol. The molecule has 3 N–H and O–H groups in total. The van der Waals surface area contributed by atoms with Crippen LogP contribution in [-0.4, -0.2) is 45.8 Å². The van der Waals surface area contributed by atoms with E-state index in [1.54, 1.807) is 6.07 Å². The SMILES string of the molecule is Cc1ccc(NC(=O)N2C[C@@H](O)C[C@H]2C(=O)O)c(Br)c1. The number of rotatable bonds is 2. The number of amides is 2. The van der Waals surface area contributed by atoms with Gasteiger partial charge in [-0.3, -0.25) is 0 Å². The van der Waals surface area contributed by atoms with E-state index in [-0.39, 0.29) is 13.0 Å². The molecule has 0 saturated carbocycles. The van der Waals surface area contributed by atoms with E-state index in [0.717, 1.165) is 14.9 Å². The fraction of sp³-hybridized carbons (Fsp3) is 0.385. The van der Waals surface area contributed by atoms with E-state index in [9.17, 15) is 14.7 Å². The average molecular weight is 343 g/mol. The van der Waals surface area contributed by atoms with E-state index in [1.165, 1.54) is 0 Å². The lowest BCUT2D eigenvalue weighted by Gasteiger charge is -2.22. The number of carbonyl (C=O) groups excluding carboxylic acids is 1. The van der Waals surface area contributed by atoms with Crippen LogP contribution in [0, 0.1) is 6.92 Å². The van der Waals surface area contributed by atoms with Gasteiger partial charge < -0.3 is 20.4 Å². The normalized spacial score (nSPS) is 21.9. The van der Waals surface area contributed by atoms with Crippen LogP contribution in [0.3, 0.4) is 0 Å². The molecule has 1 heterocycles. The van der Waals surface area contributed by atoms with Crippen LogP contribution in [-0.2, 0) is 4.79 Å². The van der Waals surface area contributed by atoms with Gasteiger partial charge in [0.05, 0.1) is 11.8 Å². The summed E-state index contributed by atoms with van der Waals surface area (Å²) in [6.45, 7) is 1.94. The van der Waals surface area contributed by atoms with Crippen molar-refractivity contribution in [1.29, 1.82) is 0 Å². The maximum absolute atomic E-state index is 12.1. The molecule has 1 aromatic carbocycles. The molecule has 0 aliphatic carbocycles. The number of nitrogens with one attached hydrogen (secondary N) is 1. The van der Waals surface area contributed by atoms with Crippen molar-refractivity contribution in [2.24, 2.45) is 0 Å². The van der Waals surface area contributed by atoms with E-state index < -0.39 is 24.1 Å². The van der Waals surface area contributed by atoms with E-state index in [4.69, 9.17) is 5.11 Å². The molecule has 0 spiro atoms. The second-order valence-electron chi connectivity index (χ2n) is 4.81. The molecule has 1 aliphatic heterocycles. The minimum atomic E-state index is -1.11. The van der Waals surface area contributed by atoms with Gasteiger partial charge in [-0.15, -0.1) is 0 Å². The number of urea groups is 1. The smallest absolute Gasteiger partial charge is 0.326 e. The number of halogens is 1. The Morgan fingerprint density at radius 2 is 2.15 bits per heavy atom. The van der Waals surface area contributed by atoms with E-state index in [1.807, 2.05) is 19.1 Å². The molecule has 20 heavy (non-hydrogen) atoms. The number of carboxylic acid groups (broad SMARTS) is 1. The first-order valence-electron chi connectivity index (χ1n) is 6.13. The van der Waals surface area contributed by atoms with E-state index in [2.05, 4.69) is 21.2 Å². The average Bonchev–Trinajstić information content (AvgIpc) is 2.75. The third-order valence-corrected chi connectivity index (χ3v) is 3.85. The van der Waals surface area contributed by atoms with Crippen LogP contribution in [0.5, 0.6) is 0 Å². The molecule has 2 amide bonds. The van der Waals surface area contributed by atoms with Crippen LogP contribution in [0.1, 0.15) is 12.0 Å². The van der Waals surface area contributed by atoms with Gasteiger partial charge in [-0.1, -0.05) is 6.07 Å². The van der Waals surface area contributed by atoms with Crippen LogP contribution in [0.15, 0.2) is 22.7 Å². The van der Waals surface area contributed by atoms with Crippen molar-refractivity contribution >= 4 is 33.6 Å². The lowest BCUT2D eigenvalue weighted by molar-refractivity contribution is -0.141. The third kappa shape index (κ3) is 3.10. The highest BCUT2D eigenvalue weighted by atomic mass is 79.9. The number of aliphatic carboxylic acids is 1. The topological polar surface area (TPSA) is 89.9 Å². The predicted octanol–water partition coefficient (Wildman–Crippen LogP) is 1.81. The van der Waals surface area contributed by atoms with Crippen molar-refractivity contribution in [3.63, 3.8) is 0 Å². The van der Waals surface area contributed by atoms with Crippen LogP contribution < -0.4 is 5.32 Å². The molecule has 7 heteroatoms. The quantitative estimate of drug-likeness (QED) is 0.764. The number of anilines is 1. The first kappa shape index (κ1) is 14.8. The van der Waals surface area contributed by atoms with Crippen molar-refractivity contribution in [2.45, 2.75) is 25.5 Å². The van der Waals surface area contributed by atoms with Crippen molar-refractivity contribution in [1.82, 2.24) is 4.90 Å². The summed E-state index contributed by atoms with van der Waals surface area (Å²) in [6, 6.07) is 3.91. The van der Waals surface area contributed by atoms with E-state index in [0.29, 0.717) is 5.69 Å². The van der Waals surface area contributed by atoms with Crippen molar-refractivity contribution in [3.8, 4) is 0 Å². The molecular weight excluding hydrogens is 328 g/mol. The Kier molecular flexibility index (Phi) is 4.29. The molecule has 1 saturated heterocycles. The van der Waals surface area contributed by atoms with Crippen molar-refractivity contribution < 1.29 is 19.8 Å². The Morgan fingerprint density at radius 1 is 1.45 bits per heavy atom. The monoisotopic (exact) mass is 342 g/mol. The lowest BCUT2D eigenvalue weighted by atomic mass is 10.2. The number of likely N-dealkylation sites (tertiary alicyclic amines) is 1. The molecule has 2 rings (SSSR count). The second kappa shape index (κ2) is 5.80. The van der Waals surface area contributed by atoms with Crippen LogP contribution >= 0.6 is 15.9 Å². The van der Waals surface area contributed by atoms with Crippen LogP contribution in [0.2, 0.25) is 0 Å². The number of nitrogens with zero attached hydrogens (tertiary/aromatic N) is 1. The number of β-amino-alcohol motifs (C(OH)–C–C–N with tert-alkyl or cyclic N) is 1. The van der Waals surface area contributed by atoms with Gasteiger partial charge in [0.15, 0.2) is 0 Å². The first-order valence-corrected chi connectivity index (χ1v) is 6.92. The fourth-order valence-corrected chi connectivity index (χ4v) is 2.77. The Labute approximate surface area is 124 Å². The number of aliphatic hydroxyl groups excluding tert-OH is 1. The van der Waals surface area contributed by atoms with Gasteiger partial charge >= 0.3 is 12.0 Å². The van der Waals surface area contributed by atoms with E-state index >= 15 is 0 Å². The summed E-state index contributed by atoms with van der Waals surface area (Å²) in [7, 11) is 0. The molecule has 0 radical (unpaired) electrons. The van der Waals surface area contributed by atoms with Gasteiger partial charge in [0.2, 0.25) is 0 Å². The van der Waals surface area contributed by atoms with Crippen LogP contribution in [0.25, 0.3) is 0 Å². The maximum Gasteiger partial charge on any atom is 0.326 e. The summed E-state index contributed by atoms with van der Waals surface area (Å²) in [4.78, 5) is 24.4. The highest BCUT2D eigenvalue weighted by Gasteiger charge is 2.39. The number of carbonyl (C=O) groups is 2. The number of benzene rings is 1. The summed E-state index contributed by atoms with van der Waals surface area (Å²) in [5.41, 5.74) is 1.60. The summed E-state index contributed by atoms with van der Waals surface area (Å²) < 4.78 is 0.720. The van der Waals surface area contributed by atoms with Gasteiger partial charge in [-0.25, -0.2) is 9.59 Å². The van der Waals surface area contributed by atoms with Gasteiger partial charge in [0.25, 0.3) is 0 Å². The number of hydrogen-bond acceptors (Lipinski definition) is 3. The molecule has 0 bridgehead atoms. The molecule has 1 aromatic rings. The molecule has 1 aliphatic rings. The van der Waals surface area contributed by atoms with Gasteiger partial charge in [0, 0.05) is 17.4 Å². The fourth-order valence-electron chi connectivity index (χ4n) is 2.18. The number of hydrogen-bond donors (Lipinski definition) is 3. The zero-order valence-electron chi connectivity index (χ0n) is 10.8. The minimum absolute atomic E-state index is 0.0201. The summed E-state index contributed by atoms with van der Waals surface area (Å²) in [5, 5.41) is 21.2. The molecule has 2 atom stereocenters. The minimum Gasteiger partial charge on any atom is -0.480 e. The molecule has 108 valence electrons. The molecule has 0 unspecified atom stereocenters. The Bertz CT molecular complexity index is 549. The Morgan fingerprint density at radius 3 is 2.75 bits per heavy atom. The summed E-state index contributed by atoms with van der Waals surface area (Å²) in [5.74, 6) is -1.11. The Hall–Kier alpha value is -1.60. The highest BCUT2D eigenvalue weighted by molar-refractivity contribution is 9.10. The van der Waals surface area contributed by atoms with Crippen molar-refractivity contribution in [2.75, 3.05) is 11.9 Å². The third-order valence-electron chi connectivity index (χ3n) is 3.19.